The number of rotatable bonds is 4. The van der Waals surface area contributed by atoms with Crippen LogP contribution in [-0.2, 0) is 29.1 Å². The number of hydrogen-bond donors (Lipinski definition) is 2. The van der Waals surface area contributed by atoms with Gasteiger partial charge in [0, 0.05) is 0 Å². The second-order valence-corrected chi connectivity index (χ2v) is 2.49. The molecule has 0 aromatic carbocycles. The molecule has 2 atom stereocenters. The number of carboxylic acids is 2. The van der Waals surface area contributed by atoms with Crippen LogP contribution in [0.1, 0.15) is 26.7 Å². The monoisotopic (exact) mass is 270 g/mol. The van der Waals surface area contributed by atoms with Gasteiger partial charge in [-0.25, -0.2) is 0 Å². The number of carboxylic acid groups (broad SMARTS) is 2. The molecule has 0 aliphatic rings. The van der Waals surface area contributed by atoms with Crippen LogP contribution in [-0.4, -0.2) is 34.4 Å². The first-order valence-corrected chi connectivity index (χ1v) is 4.14. The van der Waals surface area contributed by atoms with Crippen molar-refractivity contribution in [3.8, 4) is 0 Å². The Kier molecular flexibility index (Phi) is 15.4. The third kappa shape index (κ3) is 13.5. The van der Waals surface area contributed by atoms with Gasteiger partial charge in [0.2, 0.25) is 0 Å². The van der Waals surface area contributed by atoms with E-state index in [4.69, 9.17) is 10.2 Å². The molecule has 84 valence electrons. The Hall–Kier alpha value is -0.517. The molecule has 15 heavy (non-hydrogen) atoms. The normalized spacial score (nSPS) is 12.5. The fourth-order valence-electron chi connectivity index (χ4n) is 0.333. The van der Waals surface area contributed by atoms with Crippen molar-refractivity contribution in [3.05, 3.63) is 0 Å². The summed E-state index contributed by atoms with van der Waals surface area (Å²) in [6.07, 6.45) is -2.16. The minimum Gasteiger partial charge on any atom is -0.547 e. The van der Waals surface area contributed by atoms with Gasteiger partial charge in [0.1, 0.15) is 0 Å². The first kappa shape index (κ1) is 20.0. The largest absolute Gasteiger partial charge is 2.00 e. The molecule has 7 heteroatoms. The van der Waals surface area contributed by atoms with Gasteiger partial charge in [0.15, 0.2) is 0 Å². The van der Waals surface area contributed by atoms with E-state index in [0.717, 1.165) is 0 Å². The van der Waals surface area contributed by atoms with Gasteiger partial charge in [-0.15, -0.1) is 0 Å². The van der Waals surface area contributed by atoms with E-state index >= 15 is 0 Å². The van der Waals surface area contributed by atoms with Crippen LogP contribution in [0.15, 0.2) is 0 Å². The second-order valence-electron chi connectivity index (χ2n) is 2.49. The van der Waals surface area contributed by atoms with Crippen LogP contribution >= 0.6 is 0 Å². The minimum absolute atomic E-state index is 0. The van der Waals surface area contributed by atoms with Crippen LogP contribution in [0, 0.1) is 0 Å². The molecular formula is C8H14O6Zn. The van der Waals surface area contributed by atoms with Gasteiger partial charge >= 0.3 is 19.5 Å². The topological polar surface area (TPSA) is 121 Å². The molecule has 2 unspecified atom stereocenters. The number of aliphatic carboxylic acids is 2. The van der Waals surface area contributed by atoms with Gasteiger partial charge in [-0.3, -0.25) is 0 Å². The Bertz CT molecular complexity index is 164. The van der Waals surface area contributed by atoms with Crippen LogP contribution < -0.4 is 10.2 Å². The van der Waals surface area contributed by atoms with E-state index in [1.54, 1.807) is 13.8 Å². The van der Waals surface area contributed by atoms with E-state index in [9.17, 15) is 19.8 Å². The molecular weight excluding hydrogens is 257 g/mol. The average Bonchev–Trinajstić information content (AvgIpc) is 2.15. The quantitative estimate of drug-likeness (QED) is 0.526. The van der Waals surface area contributed by atoms with Crippen molar-refractivity contribution >= 4 is 11.9 Å². The van der Waals surface area contributed by atoms with E-state index in [1.165, 1.54) is 0 Å². The van der Waals surface area contributed by atoms with Crippen molar-refractivity contribution < 1.29 is 49.5 Å². The molecule has 0 aromatic heterocycles. The summed E-state index contributed by atoms with van der Waals surface area (Å²) in [4.78, 5) is 19.1. The number of aliphatic hydroxyl groups is 2. The third-order valence-electron chi connectivity index (χ3n) is 1.32. The van der Waals surface area contributed by atoms with Crippen LogP contribution in [0.3, 0.4) is 0 Å². The number of hydrogen-bond acceptors (Lipinski definition) is 6. The van der Waals surface area contributed by atoms with E-state index in [0.29, 0.717) is 0 Å². The Morgan fingerprint density at radius 3 is 1.20 bits per heavy atom. The van der Waals surface area contributed by atoms with Crippen LogP contribution in [0.5, 0.6) is 0 Å². The maximum absolute atomic E-state index is 9.57. The standard InChI is InChI=1S/2C4H8O3.Zn/c2*1-2-3(5)4(6)7;/h2*3,5H,2H2,1H3,(H,6,7);/q;;+2/p-2. The zero-order chi connectivity index (χ0) is 11.7. The van der Waals surface area contributed by atoms with Gasteiger partial charge in [-0.2, -0.15) is 0 Å². The van der Waals surface area contributed by atoms with Gasteiger partial charge in [0.25, 0.3) is 0 Å². The van der Waals surface area contributed by atoms with Gasteiger partial charge < -0.3 is 30.0 Å². The Balaban J connectivity index is -0.000000180. The molecule has 0 spiro atoms. The molecule has 0 saturated carbocycles. The second kappa shape index (κ2) is 11.6. The summed E-state index contributed by atoms with van der Waals surface area (Å²) in [5.41, 5.74) is 0. The molecule has 0 heterocycles. The molecule has 0 fully saturated rings. The van der Waals surface area contributed by atoms with Crippen LogP contribution in [0.2, 0.25) is 0 Å². The van der Waals surface area contributed by atoms with Crippen molar-refractivity contribution in [2.75, 3.05) is 0 Å². The zero-order valence-corrected chi connectivity index (χ0v) is 11.8. The van der Waals surface area contributed by atoms with E-state index in [2.05, 4.69) is 0 Å². The van der Waals surface area contributed by atoms with Crippen molar-refractivity contribution in [1.82, 2.24) is 0 Å². The third-order valence-corrected chi connectivity index (χ3v) is 1.32. The number of carbonyl (C=O) groups is 2. The van der Waals surface area contributed by atoms with Crippen LogP contribution in [0.25, 0.3) is 0 Å². The molecule has 0 radical (unpaired) electrons. The first-order chi connectivity index (χ1) is 6.36. The minimum atomic E-state index is -1.40. The molecule has 0 aromatic rings. The van der Waals surface area contributed by atoms with Gasteiger partial charge in [-0.05, 0) is 12.8 Å². The fourth-order valence-corrected chi connectivity index (χ4v) is 0.333. The summed E-state index contributed by atoms with van der Waals surface area (Å²) in [6, 6.07) is 0. The summed E-state index contributed by atoms with van der Waals surface area (Å²) < 4.78 is 0. The predicted octanol–water partition coefficient (Wildman–Crippen LogP) is -2.99. The number of carbonyl (C=O) groups excluding carboxylic acids is 2. The maximum atomic E-state index is 9.57. The zero-order valence-electron chi connectivity index (χ0n) is 8.80. The summed E-state index contributed by atoms with van der Waals surface area (Å²) in [5.74, 6) is -2.80. The molecule has 2 N–H and O–H groups in total. The van der Waals surface area contributed by atoms with Gasteiger partial charge in [-0.1, -0.05) is 13.8 Å². The smallest absolute Gasteiger partial charge is 0.547 e. The maximum Gasteiger partial charge on any atom is 2.00 e. The summed E-state index contributed by atoms with van der Waals surface area (Å²) in [5, 5.41) is 35.7. The van der Waals surface area contributed by atoms with E-state index < -0.39 is 24.1 Å². The predicted molar refractivity (Wildman–Crippen MR) is 42.6 cm³/mol. The average molecular weight is 272 g/mol. The summed E-state index contributed by atoms with van der Waals surface area (Å²) in [7, 11) is 0. The molecule has 0 bridgehead atoms. The summed E-state index contributed by atoms with van der Waals surface area (Å²) in [6.45, 7) is 3.14. The molecule has 6 nitrogen and oxygen atoms in total. The van der Waals surface area contributed by atoms with Crippen LogP contribution in [0.4, 0.5) is 0 Å². The van der Waals surface area contributed by atoms with Gasteiger partial charge in [0.05, 0.1) is 24.1 Å². The van der Waals surface area contributed by atoms with Crippen molar-refractivity contribution in [3.63, 3.8) is 0 Å². The van der Waals surface area contributed by atoms with Crippen molar-refractivity contribution in [2.45, 2.75) is 38.9 Å². The molecule has 0 rings (SSSR count). The van der Waals surface area contributed by atoms with E-state index in [1.807, 2.05) is 0 Å². The Labute approximate surface area is 101 Å². The van der Waals surface area contributed by atoms with Crippen molar-refractivity contribution in [1.29, 1.82) is 0 Å². The first-order valence-electron chi connectivity index (χ1n) is 4.14. The fraction of sp³-hybridized carbons (Fsp3) is 0.750. The van der Waals surface area contributed by atoms with Crippen molar-refractivity contribution in [2.24, 2.45) is 0 Å². The Morgan fingerprint density at radius 1 is 1.00 bits per heavy atom. The Morgan fingerprint density at radius 2 is 1.20 bits per heavy atom. The molecule has 0 amide bonds. The molecule has 0 saturated heterocycles. The number of aliphatic hydroxyl groups excluding tert-OH is 2. The SMILES string of the molecule is CCC(O)C(=O)[O-].CCC(O)C(=O)[O-].[Zn+2]. The molecule has 0 aliphatic heterocycles. The van der Waals surface area contributed by atoms with E-state index in [-0.39, 0.29) is 32.3 Å². The summed E-state index contributed by atoms with van der Waals surface area (Å²) >= 11 is 0. The molecule has 0 aliphatic carbocycles.